The Balaban J connectivity index is 1.45. The van der Waals surface area contributed by atoms with Crippen molar-refractivity contribution in [3.05, 3.63) is 70.3 Å². The predicted molar refractivity (Wildman–Crippen MR) is 117 cm³/mol. The predicted octanol–water partition coefficient (Wildman–Crippen LogP) is 2.31. The summed E-state index contributed by atoms with van der Waals surface area (Å²) < 4.78 is 1.33. The first-order valence-electron chi connectivity index (χ1n) is 10.3. The molecule has 158 valence electrons. The van der Waals surface area contributed by atoms with Crippen LogP contribution in [0.2, 0.25) is 0 Å². The van der Waals surface area contributed by atoms with Crippen molar-refractivity contribution in [1.82, 2.24) is 25.0 Å². The molecule has 1 atom stereocenters. The molecule has 1 unspecified atom stereocenters. The van der Waals surface area contributed by atoms with Crippen molar-refractivity contribution in [3.8, 4) is 23.0 Å². The quantitative estimate of drug-likeness (QED) is 0.664. The van der Waals surface area contributed by atoms with Crippen LogP contribution in [0.5, 0.6) is 0 Å². The molecule has 31 heavy (non-hydrogen) atoms. The molecule has 1 saturated heterocycles. The lowest BCUT2D eigenvalue weighted by Gasteiger charge is -2.32. The molecule has 1 aliphatic heterocycles. The largest absolute Gasteiger partial charge is 0.350 e. The number of carbonyl (C=O) groups excluding carboxylic acids is 1. The van der Waals surface area contributed by atoms with Crippen molar-refractivity contribution >= 4 is 5.91 Å². The standard InChI is InChI=1S/C23H24N6O2/c1-28-11-3-2-4-19(28)14-26-22(30)18-9-10-21(25-13-18)29-23(31)20(15-27-29)17-7-5-16(12-24)6-8-17/h5-10,13,15,19,27H,2-4,11,14H2,1H3,(H,26,30). The number of likely N-dealkylation sites (N-methyl/N-ethyl adjacent to an activating group) is 1. The van der Waals surface area contributed by atoms with Crippen molar-refractivity contribution in [2.24, 2.45) is 0 Å². The van der Waals surface area contributed by atoms with Crippen molar-refractivity contribution in [2.45, 2.75) is 25.3 Å². The van der Waals surface area contributed by atoms with Crippen LogP contribution < -0.4 is 10.9 Å². The Morgan fingerprint density at radius 2 is 2.06 bits per heavy atom. The van der Waals surface area contributed by atoms with Gasteiger partial charge in [0.15, 0.2) is 5.82 Å². The Hall–Kier alpha value is -3.70. The molecule has 4 rings (SSSR count). The van der Waals surface area contributed by atoms with E-state index in [0.717, 1.165) is 13.0 Å². The molecule has 0 aliphatic carbocycles. The molecule has 2 aromatic heterocycles. The second-order valence-corrected chi connectivity index (χ2v) is 7.76. The van der Waals surface area contributed by atoms with E-state index < -0.39 is 0 Å². The number of pyridine rings is 1. The normalized spacial score (nSPS) is 16.6. The minimum absolute atomic E-state index is 0.171. The Labute approximate surface area is 180 Å². The van der Waals surface area contributed by atoms with Crippen LogP contribution in [0.25, 0.3) is 16.9 Å². The number of hydrogen-bond donors (Lipinski definition) is 2. The van der Waals surface area contributed by atoms with E-state index >= 15 is 0 Å². The highest BCUT2D eigenvalue weighted by atomic mass is 16.1. The number of amides is 1. The summed E-state index contributed by atoms with van der Waals surface area (Å²) in [6.07, 6.45) is 6.57. The molecular weight excluding hydrogens is 392 g/mol. The highest BCUT2D eigenvalue weighted by Gasteiger charge is 2.20. The van der Waals surface area contributed by atoms with Gasteiger partial charge < -0.3 is 10.2 Å². The van der Waals surface area contributed by atoms with Crippen LogP contribution in [0.1, 0.15) is 35.2 Å². The number of nitrogens with one attached hydrogen (secondary N) is 2. The SMILES string of the molecule is CN1CCCCC1CNC(=O)c1ccc(-n2[nH]cc(-c3ccc(C#N)cc3)c2=O)nc1. The highest BCUT2D eigenvalue weighted by Crippen LogP contribution is 2.17. The number of carbonyl (C=O) groups is 1. The van der Waals surface area contributed by atoms with Crippen LogP contribution in [0.3, 0.4) is 0 Å². The number of hydrogen-bond acceptors (Lipinski definition) is 5. The molecule has 2 N–H and O–H groups in total. The summed E-state index contributed by atoms with van der Waals surface area (Å²) in [5.41, 5.74) is 1.92. The van der Waals surface area contributed by atoms with E-state index in [-0.39, 0.29) is 11.5 Å². The molecule has 8 nitrogen and oxygen atoms in total. The molecule has 0 saturated carbocycles. The van der Waals surface area contributed by atoms with Crippen LogP contribution in [0.15, 0.2) is 53.6 Å². The molecular formula is C23H24N6O2. The molecule has 3 aromatic rings. The second kappa shape index (κ2) is 8.98. The van der Waals surface area contributed by atoms with Gasteiger partial charge in [-0.25, -0.2) is 9.67 Å². The molecule has 3 heterocycles. The van der Waals surface area contributed by atoms with Gasteiger partial charge in [0.05, 0.1) is 22.8 Å². The summed E-state index contributed by atoms with van der Waals surface area (Å²) in [6.45, 7) is 1.67. The zero-order valence-corrected chi connectivity index (χ0v) is 17.3. The molecule has 0 spiro atoms. The first kappa shape index (κ1) is 20.6. The van der Waals surface area contributed by atoms with Crippen LogP contribution in [-0.2, 0) is 0 Å². The van der Waals surface area contributed by atoms with Crippen LogP contribution in [0, 0.1) is 11.3 Å². The molecule has 1 fully saturated rings. The van der Waals surface area contributed by atoms with Crippen molar-refractivity contribution in [2.75, 3.05) is 20.1 Å². The van der Waals surface area contributed by atoms with E-state index in [4.69, 9.17) is 5.26 Å². The summed E-state index contributed by atoms with van der Waals surface area (Å²) >= 11 is 0. The van der Waals surface area contributed by atoms with Gasteiger partial charge in [-0.05, 0) is 56.3 Å². The second-order valence-electron chi connectivity index (χ2n) is 7.76. The zero-order chi connectivity index (χ0) is 21.8. The molecule has 0 bridgehead atoms. The summed E-state index contributed by atoms with van der Waals surface area (Å²) in [6, 6.07) is 12.5. The van der Waals surface area contributed by atoms with Crippen molar-refractivity contribution in [1.29, 1.82) is 5.26 Å². The fourth-order valence-corrected chi connectivity index (χ4v) is 3.84. The van der Waals surface area contributed by atoms with E-state index in [1.165, 1.54) is 23.7 Å². The maximum Gasteiger partial charge on any atom is 0.280 e. The van der Waals surface area contributed by atoms with Crippen molar-refractivity contribution < 1.29 is 4.79 Å². The Bertz CT molecular complexity index is 1150. The fraction of sp³-hybridized carbons (Fsp3) is 0.304. The summed E-state index contributed by atoms with van der Waals surface area (Å²) in [7, 11) is 2.09. The van der Waals surface area contributed by atoms with Gasteiger partial charge in [0, 0.05) is 25.0 Å². The molecule has 8 heteroatoms. The van der Waals surface area contributed by atoms with Crippen LogP contribution in [0.4, 0.5) is 0 Å². The summed E-state index contributed by atoms with van der Waals surface area (Å²) in [5.74, 6) is 0.226. The van der Waals surface area contributed by atoms with Gasteiger partial charge >= 0.3 is 0 Å². The number of aromatic amines is 1. The number of H-pyrrole nitrogens is 1. The number of piperidine rings is 1. The fourth-order valence-electron chi connectivity index (χ4n) is 3.84. The average Bonchev–Trinajstić information content (AvgIpc) is 3.19. The maximum absolute atomic E-state index is 12.8. The minimum atomic E-state index is -0.255. The van der Waals surface area contributed by atoms with Gasteiger partial charge in [0.1, 0.15) is 0 Å². The third-order valence-corrected chi connectivity index (χ3v) is 5.76. The number of benzene rings is 1. The van der Waals surface area contributed by atoms with E-state index in [0.29, 0.717) is 40.7 Å². The zero-order valence-electron chi connectivity index (χ0n) is 17.3. The molecule has 0 radical (unpaired) electrons. The van der Waals surface area contributed by atoms with Crippen molar-refractivity contribution in [3.63, 3.8) is 0 Å². The molecule has 1 aromatic carbocycles. The van der Waals surface area contributed by atoms with E-state index in [2.05, 4.69) is 33.4 Å². The van der Waals surface area contributed by atoms with Gasteiger partial charge in [-0.1, -0.05) is 18.6 Å². The third kappa shape index (κ3) is 4.42. The lowest BCUT2D eigenvalue weighted by molar-refractivity contribution is 0.0928. The van der Waals surface area contributed by atoms with E-state index in [9.17, 15) is 9.59 Å². The Morgan fingerprint density at radius 1 is 1.26 bits per heavy atom. The van der Waals surface area contributed by atoms with Gasteiger partial charge in [0.2, 0.25) is 0 Å². The van der Waals surface area contributed by atoms with Gasteiger partial charge in [0.25, 0.3) is 11.5 Å². The minimum Gasteiger partial charge on any atom is -0.350 e. The summed E-state index contributed by atoms with van der Waals surface area (Å²) in [5, 5.41) is 14.8. The smallest absolute Gasteiger partial charge is 0.280 e. The Morgan fingerprint density at radius 3 is 2.74 bits per heavy atom. The lowest BCUT2D eigenvalue weighted by atomic mass is 10.0. The topological polar surface area (TPSA) is 107 Å². The first-order chi connectivity index (χ1) is 15.1. The molecule has 1 aliphatic rings. The van der Waals surface area contributed by atoms with Crippen LogP contribution >= 0.6 is 0 Å². The maximum atomic E-state index is 12.8. The van der Waals surface area contributed by atoms with E-state index in [1.807, 2.05) is 0 Å². The highest BCUT2D eigenvalue weighted by molar-refractivity contribution is 5.93. The van der Waals surface area contributed by atoms with Gasteiger partial charge in [-0.2, -0.15) is 5.26 Å². The number of nitrogens with zero attached hydrogens (tertiary/aromatic N) is 4. The Kier molecular flexibility index (Phi) is 5.96. The third-order valence-electron chi connectivity index (χ3n) is 5.76. The van der Waals surface area contributed by atoms with E-state index in [1.54, 1.807) is 42.6 Å². The number of likely N-dealkylation sites (tertiary alicyclic amines) is 1. The van der Waals surface area contributed by atoms with Gasteiger partial charge in [-0.3, -0.25) is 14.7 Å². The number of nitriles is 1. The van der Waals surface area contributed by atoms with Crippen LogP contribution in [-0.4, -0.2) is 51.8 Å². The number of aromatic nitrogens is 3. The first-order valence-corrected chi connectivity index (χ1v) is 10.3. The monoisotopic (exact) mass is 416 g/mol. The molecule has 1 amide bonds. The summed E-state index contributed by atoms with van der Waals surface area (Å²) in [4.78, 5) is 31.9. The number of rotatable bonds is 5. The lowest BCUT2D eigenvalue weighted by Crippen LogP contribution is -2.44. The van der Waals surface area contributed by atoms with Gasteiger partial charge in [-0.15, -0.1) is 0 Å². The average molecular weight is 416 g/mol.